The monoisotopic (exact) mass is 348 g/mol. The van der Waals surface area contributed by atoms with Gasteiger partial charge in [-0.3, -0.25) is 14.4 Å². The standard InChI is InChI=1S/C14H24O8Si/c1-4-19-23(20-5-2,21-6-3)8-7-10(13(16)17)11-9-12(15)22-14(11)18/h10-11H,4-9H2,1-3H3,(H,16,17). The lowest BCUT2D eigenvalue weighted by molar-refractivity contribution is -0.156. The number of esters is 2. The van der Waals surface area contributed by atoms with Crippen molar-refractivity contribution in [3.05, 3.63) is 0 Å². The molecule has 0 bridgehead atoms. The van der Waals surface area contributed by atoms with Crippen molar-refractivity contribution >= 4 is 26.7 Å². The molecule has 1 aliphatic heterocycles. The topological polar surface area (TPSA) is 108 Å². The minimum absolute atomic E-state index is 0.120. The van der Waals surface area contributed by atoms with Crippen LogP contribution in [-0.4, -0.2) is 51.6 Å². The van der Waals surface area contributed by atoms with Gasteiger partial charge in [-0.15, -0.1) is 0 Å². The fraction of sp³-hybridized carbons (Fsp3) is 0.786. The molecule has 1 aliphatic rings. The zero-order valence-electron chi connectivity index (χ0n) is 13.7. The molecule has 132 valence electrons. The fourth-order valence-electron chi connectivity index (χ4n) is 2.63. The second kappa shape index (κ2) is 9.11. The highest BCUT2D eigenvalue weighted by Gasteiger charge is 2.46. The number of carbonyl (C=O) groups excluding carboxylic acids is 2. The molecule has 0 aromatic rings. The summed E-state index contributed by atoms with van der Waals surface area (Å²) in [7, 11) is -2.99. The van der Waals surface area contributed by atoms with Crippen molar-refractivity contribution in [3.8, 4) is 0 Å². The van der Waals surface area contributed by atoms with Gasteiger partial charge in [-0.05, 0) is 27.2 Å². The smallest absolute Gasteiger partial charge is 0.481 e. The summed E-state index contributed by atoms with van der Waals surface area (Å²) < 4.78 is 21.5. The van der Waals surface area contributed by atoms with Gasteiger partial charge in [-0.1, -0.05) is 0 Å². The predicted molar refractivity (Wildman–Crippen MR) is 80.4 cm³/mol. The van der Waals surface area contributed by atoms with Gasteiger partial charge in [0.05, 0.1) is 18.3 Å². The van der Waals surface area contributed by atoms with E-state index in [9.17, 15) is 19.5 Å². The molecule has 1 heterocycles. The maximum Gasteiger partial charge on any atom is 0.500 e. The first-order chi connectivity index (χ1) is 10.9. The molecule has 0 saturated carbocycles. The second-order valence-electron chi connectivity index (χ2n) is 5.07. The quantitative estimate of drug-likeness (QED) is 0.337. The number of hydrogen-bond donors (Lipinski definition) is 1. The van der Waals surface area contributed by atoms with Crippen molar-refractivity contribution in [2.45, 2.75) is 39.7 Å². The van der Waals surface area contributed by atoms with Crippen LogP contribution in [-0.2, 0) is 32.4 Å². The third-order valence-electron chi connectivity index (χ3n) is 3.56. The van der Waals surface area contributed by atoms with Crippen molar-refractivity contribution in [3.63, 3.8) is 0 Å². The summed E-state index contributed by atoms with van der Waals surface area (Å²) in [6.45, 7) is 6.57. The summed E-state index contributed by atoms with van der Waals surface area (Å²) in [6, 6.07) is 0.261. The predicted octanol–water partition coefficient (Wildman–Crippen LogP) is 1.22. The van der Waals surface area contributed by atoms with Crippen LogP contribution in [0.3, 0.4) is 0 Å². The van der Waals surface area contributed by atoms with Crippen LogP contribution in [0, 0.1) is 11.8 Å². The highest BCUT2D eigenvalue weighted by molar-refractivity contribution is 6.60. The maximum absolute atomic E-state index is 11.6. The Labute approximate surface area is 136 Å². The zero-order valence-corrected chi connectivity index (χ0v) is 14.7. The Balaban J connectivity index is 2.83. The molecule has 1 saturated heterocycles. The third-order valence-corrected chi connectivity index (χ3v) is 6.65. The molecule has 0 radical (unpaired) electrons. The van der Waals surface area contributed by atoms with Crippen LogP contribution in [0.2, 0.25) is 6.04 Å². The lowest BCUT2D eigenvalue weighted by atomic mass is 9.89. The molecular weight excluding hydrogens is 324 g/mol. The molecule has 1 fully saturated rings. The number of carboxylic acids is 1. The van der Waals surface area contributed by atoms with Crippen LogP contribution in [0.1, 0.15) is 33.6 Å². The highest BCUT2D eigenvalue weighted by Crippen LogP contribution is 2.31. The van der Waals surface area contributed by atoms with Gasteiger partial charge in [0.1, 0.15) is 0 Å². The highest BCUT2D eigenvalue weighted by atomic mass is 28.4. The van der Waals surface area contributed by atoms with Crippen LogP contribution in [0.4, 0.5) is 0 Å². The molecule has 1 N–H and O–H groups in total. The number of hydrogen-bond acceptors (Lipinski definition) is 7. The van der Waals surface area contributed by atoms with E-state index in [0.29, 0.717) is 19.8 Å². The van der Waals surface area contributed by atoms with Crippen molar-refractivity contribution in [2.24, 2.45) is 11.8 Å². The second-order valence-corrected chi connectivity index (χ2v) is 7.80. The van der Waals surface area contributed by atoms with Crippen LogP contribution >= 0.6 is 0 Å². The fourth-order valence-corrected chi connectivity index (χ4v) is 5.30. The SMILES string of the molecule is CCO[Si](CCC(C(=O)O)C1CC(=O)OC1=O)(OCC)OCC. The average molecular weight is 348 g/mol. The Morgan fingerprint density at radius 1 is 1.22 bits per heavy atom. The molecule has 0 aliphatic carbocycles. The number of aliphatic carboxylic acids is 1. The zero-order chi connectivity index (χ0) is 17.5. The van der Waals surface area contributed by atoms with E-state index in [1.165, 1.54) is 0 Å². The first-order valence-electron chi connectivity index (χ1n) is 7.78. The minimum Gasteiger partial charge on any atom is -0.481 e. The number of rotatable bonds is 11. The Hall–Kier alpha value is -1.29. The largest absolute Gasteiger partial charge is 0.500 e. The van der Waals surface area contributed by atoms with Crippen molar-refractivity contribution < 1.29 is 37.5 Å². The van der Waals surface area contributed by atoms with Crippen LogP contribution in [0.15, 0.2) is 0 Å². The van der Waals surface area contributed by atoms with Gasteiger partial charge >= 0.3 is 26.7 Å². The number of ether oxygens (including phenoxy) is 1. The Bertz CT molecular complexity index is 421. The summed E-state index contributed by atoms with van der Waals surface area (Å²) in [6.07, 6.45) is -0.0864. The third kappa shape index (κ3) is 5.38. The molecule has 1 rings (SSSR count). The molecule has 0 amide bonds. The Morgan fingerprint density at radius 2 is 1.74 bits per heavy atom. The van der Waals surface area contributed by atoms with Crippen molar-refractivity contribution in [2.75, 3.05) is 19.8 Å². The van der Waals surface area contributed by atoms with E-state index >= 15 is 0 Å². The molecule has 0 aromatic carbocycles. The van der Waals surface area contributed by atoms with E-state index in [2.05, 4.69) is 4.74 Å². The molecule has 2 atom stereocenters. The number of cyclic esters (lactones) is 2. The molecule has 0 aromatic heterocycles. The summed E-state index contributed by atoms with van der Waals surface area (Å²) in [5.41, 5.74) is 0. The van der Waals surface area contributed by atoms with Crippen LogP contribution in [0.25, 0.3) is 0 Å². The van der Waals surface area contributed by atoms with E-state index in [1.807, 2.05) is 20.8 Å². The van der Waals surface area contributed by atoms with Gasteiger partial charge in [0, 0.05) is 25.9 Å². The summed E-state index contributed by atoms with van der Waals surface area (Å²) in [4.78, 5) is 34.3. The Morgan fingerprint density at radius 3 is 2.09 bits per heavy atom. The lowest BCUT2D eigenvalue weighted by Crippen LogP contribution is -2.46. The summed E-state index contributed by atoms with van der Waals surface area (Å²) in [5.74, 6) is -4.60. The van der Waals surface area contributed by atoms with Crippen LogP contribution in [0.5, 0.6) is 0 Å². The van der Waals surface area contributed by atoms with E-state index in [-0.39, 0.29) is 18.9 Å². The maximum atomic E-state index is 11.6. The van der Waals surface area contributed by atoms with E-state index in [4.69, 9.17) is 13.3 Å². The molecule has 8 nitrogen and oxygen atoms in total. The van der Waals surface area contributed by atoms with Gasteiger partial charge in [0.15, 0.2) is 0 Å². The minimum atomic E-state index is -2.99. The molecule has 2 unspecified atom stereocenters. The Kier molecular flexibility index (Phi) is 7.83. The normalized spacial score (nSPS) is 19.7. The number of carbonyl (C=O) groups is 3. The van der Waals surface area contributed by atoms with E-state index < -0.39 is 38.5 Å². The van der Waals surface area contributed by atoms with Gasteiger partial charge in [0.25, 0.3) is 0 Å². The number of carboxylic acid groups (broad SMARTS) is 1. The summed E-state index contributed by atoms with van der Waals surface area (Å²) in [5, 5.41) is 9.40. The van der Waals surface area contributed by atoms with Gasteiger partial charge < -0.3 is 23.1 Å². The van der Waals surface area contributed by atoms with E-state index in [1.54, 1.807) is 0 Å². The lowest BCUT2D eigenvalue weighted by Gasteiger charge is -2.29. The van der Waals surface area contributed by atoms with E-state index in [0.717, 1.165) is 0 Å². The van der Waals surface area contributed by atoms with Gasteiger partial charge in [-0.25, -0.2) is 0 Å². The summed E-state index contributed by atoms with van der Waals surface area (Å²) >= 11 is 0. The van der Waals surface area contributed by atoms with Gasteiger partial charge in [0.2, 0.25) is 0 Å². The molecule has 9 heteroatoms. The van der Waals surface area contributed by atoms with Crippen molar-refractivity contribution in [1.29, 1.82) is 0 Å². The van der Waals surface area contributed by atoms with Crippen molar-refractivity contribution in [1.82, 2.24) is 0 Å². The molecule has 0 spiro atoms. The molecule has 23 heavy (non-hydrogen) atoms. The average Bonchev–Trinajstić information content (AvgIpc) is 2.78. The first kappa shape index (κ1) is 19.8. The van der Waals surface area contributed by atoms with Gasteiger partial charge in [-0.2, -0.15) is 0 Å². The first-order valence-corrected chi connectivity index (χ1v) is 9.71. The van der Waals surface area contributed by atoms with Crippen LogP contribution < -0.4 is 0 Å². The molecular formula is C14H24O8Si.